The number of ether oxygens (including phenoxy) is 2. The minimum absolute atomic E-state index is 0.264. The molecule has 1 aromatic carbocycles. The van der Waals surface area contributed by atoms with Crippen LogP contribution in [0, 0.1) is 12.7 Å². The summed E-state index contributed by atoms with van der Waals surface area (Å²) in [6.45, 7) is 4.62. The third-order valence-corrected chi connectivity index (χ3v) is 2.39. The van der Waals surface area contributed by atoms with Crippen LogP contribution < -0.4 is 10.1 Å². The molecule has 1 aromatic rings. The molecule has 96 valence electrons. The molecule has 0 amide bonds. The van der Waals surface area contributed by atoms with Crippen LogP contribution in [0.2, 0.25) is 0 Å². The van der Waals surface area contributed by atoms with Crippen molar-refractivity contribution in [2.45, 2.75) is 13.3 Å². The molecular formula is C13H20FNO2. The molecule has 0 radical (unpaired) electrons. The van der Waals surface area contributed by atoms with Gasteiger partial charge >= 0.3 is 0 Å². The van der Waals surface area contributed by atoms with Gasteiger partial charge < -0.3 is 14.8 Å². The molecule has 1 rings (SSSR count). The lowest BCUT2D eigenvalue weighted by Gasteiger charge is -2.08. The summed E-state index contributed by atoms with van der Waals surface area (Å²) < 4.78 is 23.8. The maximum absolute atomic E-state index is 13.5. The normalized spacial score (nSPS) is 10.5. The molecule has 0 bridgehead atoms. The smallest absolute Gasteiger partial charge is 0.167 e. The molecule has 4 heteroatoms. The van der Waals surface area contributed by atoms with Gasteiger partial charge in [0.15, 0.2) is 11.6 Å². The number of rotatable bonds is 8. The lowest BCUT2D eigenvalue weighted by Crippen LogP contribution is -2.21. The molecule has 3 nitrogen and oxygen atoms in total. The Morgan fingerprint density at radius 3 is 2.82 bits per heavy atom. The molecular weight excluding hydrogens is 221 g/mol. The van der Waals surface area contributed by atoms with Crippen LogP contribution >= 0.6 is 0 Å². The summed E-state index contributed by atoms with van der Waals surface area (Å²) in [4.78, 5) is 0. The van der Waals surface area contributed by atoms with Gasteiger partial charge in [-0.05, 0) is 31.5 Å². The fourth-order valence-electron chi connectivity index (χ4n) is 1.41. The number of aryl methyl sites for hydroxylation is 1. The van der Waals surface area contributed by atoms with Crippen molar-refractivity contribution in [3.05, 3.63) is 29.6 Å². The number of benzene rings is 1. The van der Waals surface area contributed by atoms with Gasteiger partial charge in [-0.25, -0.2) is 4.39 Å². The molecule has 0 saturated carbocycles. The Balaban J connectivity index is 2.16. The van der Waals surface area contributed by atoms with E-state index >= 15 is 0 Å². The largest absolute Gasteiger partial charge is 0.490 e. The third-order valence-electron chi connectivity index (χ3n) is 2.39. The average molecular weight is 241 g/mol. The van der Waals surface area contributed by atoms with Crippen LogP contribution in [0.15, 0.2) is 18.2 Å². The fraction of sp³-hybridized carbons (Fsp3) is 0.538. The van der Waals surface area contributed by atoms with Gasteiger partial charge in [-0.3, -0.25) is 0 Å². The summed E-state index contributed by atoms with van der Waals surface area (Å²) >= 11 is 0. The maximum atomic E-state index is 13.5. The molecule has 1 N–H and O–H groups in total. The monoisotopic (exact) mass is 241 g/mol. The minimum Gasteiger partial charge on any atom is -0.490 e. The van der Waals surface area contributed by atoms with Crippen molar-refractivity contribution in [2.75, 3.05) is 33.4 Å². The van der Waals surface area contributed by atoms with Crippen LogP contribution in [-0.4, -0.2) is 33.4 Å². The first-order valence-electron chi connectivity index (χ1n) is 5.83. The van der Waals surface area contributed by atoms with Crippen molar-refractivity contribution in [1.82, 2.24) is 5.32 Å². The van der Waals surface area contributed by atoms with Gasteiger partial charge in [0.05, 0.1) is 13.2 Å². The first-order valence-corrected chi connectivity index (χ1v) is 5.83. The van der Waals surface area contributed by atoms with E-state index in [1.165, 1.54) is 0 Å². The highest BCUT2D eigenvalue weighted by Gasteiger charge is 2.04. The second-order valence-corrected chi connectivity index (χ2v) is 3.83. The van der Waals surface area contributed by atoms with E-state index in [1.807, 2.05) is 0 Å². The lowest BCUT2D eigenvalue weighted by atomic mass is 10.2. The van der Waals surface area contributed by atoms with E-state index in [1.54, 1.807) is 32.2 Å². The number of nitrogens with one attached hydrogen (secondary N) is 1. The second-order valence-electron chi connectivity index (χ2n) is 3.83. The van der Waals surface area contributed by atoms with Crippen molar-refractivity contribution < 1.29 is 13.9 Å². The van der Waals surface area contributed by atoms with Gasteiger partial charge in [0.25, 0.3) is 0 Å². The van der Waals surface area contributed by atoms with E-state index in [-0.39, 0.29) is 5.82 Å². The second kappa shape index (κ2) is 8.03. The van der Waals surface area contributed by atoms with E-state index in [2.05, 4.69) is 5.32 Å². The van der Waals surface area contributed by atoms with Crippen molar-refractivity contribution in [3.63, 3.8) is 0 Å². The Kier molecular flexibility index (Phi) is 6.58. The van der Waals surface area contributed by atoms with Crippen LogP contribution in [0.1, 0.15) is 12.0 Å². The summed E-state index contributed by atoms with van der Waals surface area (Å²) in [7, 11) is 1.67. The predicted octanol–water partition coefficient (Wildman–Crippen LogP) is 2.14. The van der Waals surface area contributed by atoms with Crippen LogP contribution in [0.25, 0.3) is 0 Å². The van der Waals surface area contributed by atoms with E-state index in [0.29, 0.717) is 24.5 Å². The van der Waals surface area contributed by atoms with Crippen molar-refractivity contribution in [2.24, 2.45) is 0 Å². The summed E-state index contributed by atoms with van der Waals surface area (Å²) in [5.41, 5.74) is 0.612. The molecule has 0 fully saturated rings. The zero-order valence-electron chi connectivity index (χ0n) is 10.5. The molecule has 0 atom stereocenters. The van der Waals surface area contributed by atoms with Gasteiger partial charge in [-0.2, -0.15) is 0 Å². The summed E-state index contributed by atoms with van der Waals surface area (Å²) in [6, 6.07) is 5.18. The minimum atomic E-state index is -0.264. The predicted molar refractivity (Wildman–Crippen MR) is 66.0 cm³/mol. The van der Waals surface area contributed by atoms with Crippen LogP contribution in [0.5, 0.6) is 5.75 Å². The van der Waals surface area contributed by atoms with E-state index in [4.69, 9.17) is 9.47 Å². The van der Waals surface area contributed by atoms with E-state index in [9.17, 15) is 4.39 Å². The van der Waals surface area contributed by atoms with Gasteiger partial charge in [-0.1, -0.05) is 12.1 Å². The van der Waals surface area contributed by atoms with Gasteiger partial charge in [-0.15, -0.1) is 0 Å². The van der Waals surface area contributed by atoms with Gasteiger partial charge in [0.2, 0.25) is 0 Å². The Morgan fingerprint density at radius 2 is 2.06 bits per heavy atom. The number of methoxy groups -OCH3 is 1. The number of halogens is 1. The number of hydrogen-bond donors (Lipinski definition) is 1. The zero-order valence-corrected chi connectivity index (χ0v) is 10.5. The molecule has 17 heavy (non-hydrogen) atoms. The van der Waals surface area contributed by atoms with Gasteiger partial charge in [0, 0.05) is 13.7 Å². The SMILES string of the molecule is COCCNCCCOc1cccc(C)c1F. The summed E-state index contributed by atoms with van der Waals surface area (Å²) in [5.74, 6) is 0.0710. The highest BCUT2D eigenvalue weighted by atomic mass is 19.1. The van der Waals surface area contributed by atoms with Crippen LogP contribution in [-0.2, 0) is 4.74 Å². The van der Waals surface area contributed by atoms with Gasteiger partial charge in [0.1, 0.15) is 0 Å². The molecule has 0 heterocycles. The van der Waals surface area contributed by atoms with Crippen LogP contribution in [0.4, 0.5) is 4.39 Å². The standard InChI is InChI=1S/C13H20FNO2/c1-11-5-3-6-12(13(11)14)17-9-4-7-15-8-10-16-2/h3,5-6,15H,4,7-10H2,1-2H3. The van der Waals surface area contributed by atoms with Crippen molar-refractivity contribution in [1.29, 1.82) is 0 Å². The lowest BCUT2D eigenvalue weighted by molar-refractivity contribution is 0.198. The highest BCUT2D eigenvalue weighted by molar-refractivity contribution is 5.29. The topological polar surface area (TPSA) is 30.5 Å². The highest BCUT2D eigenvalue weighted by Crippen LogP contribution is 2.19. The molecule has 0 aliphatic heterocycles. The summed E-state index contributed by atoms with van der Waals surface area (Å²) in [5, 5.41) is 3.20. The third kappa shape index (κ3) is 5.15. The summed E-state index contributed by atoms with van der Waals surface area (Å²) in [6.07, 6.45) is 0.844. The molecule has 0 spiro atoms. The Bertz CT molecular complexity index is 331. The van der Waals surface area contributed by atoms with Crippen LogP contribution in [0.3, 0.4) is 0 Å². The first-order chi connectivity index (χ1) is 8.25. The fourth-order valence-corrected chi connectivity index (χ4v) is 1.41. The van der Waals surface area contributed by atoms with E-state index in [0.717, 1.165) is 19.5 Å². The van der Waals surface area contributed by atoms with Crippen molar-refractivity contribution >= 4 is 0 Å². The molecule has 0 unspecified atom stereocenters. The Labute approximate surface area is 102 Å². The first kappa shape index (κ1) is 13.9. The Hall–Kier alpha value is -1.13. The molecule has 0 aliphatic rings. The number of hydrogen-bond acceptors (Lipinski definition) is 3. The Morgan fingerprint density at radius 1 is 1.24 bits per heavy atom. The zero-order chi connectivity index (χ0) is 12.5. The molecule has 0 aromatic heterocycles. The quantitative estimate of drug-likeness (QED) is 0.707. The average Bonchev–Trinajstić information content (AvgIpc) is 2.33. The van der Waals surface area contributed by atoms with Crippen molar-refractivity contribution in [3.8, 4) is 5.75 Å². The van der Waals surface area contributed by atoms with E-state index < -0.39 is 0 Å². The maximum Gasteiger partial charge on any atom is 0.167 e. The molecule has 0 aliphatic carbocycles. The molecule has 0 saturated heterocycles.